The van der Waals surface area contributed by atoms with E-state index < -0.39 is 6.04 Å². The van der Waals surface area contributed by atoms with Gasteiger partial charge in [0, 0.05) is 5.69 Å². The monoisotopic (exact) mass is 290 g/mol. The number of carbonyl (C=O) groups excluding carboxylic acids is 1. The number of halogens is 1. The molecular formula is C12H11ClN6O. The maximum Gasteiger partial charge on any atom is 0.252 e. The SMILES string of the molecule is CC(C(=O)Nc1ccc(Cl)c(N)c1)n1cnc(C#N)n1. The summed E-state index contributed by atoms with van der Waals surface area (Å²) in [6.07, 6.45) is 1.33. The summed E-state index contributed by atoms with van der Waals surface area (Å²) in [6.45, 7) is 1.64. The maximum absolute atomic E-state index is 12.1. The number of hydrogen-bond acceptors (Lipinski definition) is 5. The van der Waals surface area contributed by atoms with Gasteiger partial charge in [0.2, 0.25) is 5.91 Å². The van der Waals surface area contributed by atoms with Crippen LogP contribution >= 0.6 is 11.6 Å². The summed E-state index contributed by atoms with van der Waals surface area (Å²) >= 11 is 5.80. The molecule has 0 aliphatic carbocycles. The van der Waals surface area contributed by atoms with E-state index in [0.29, 0.717) is 16.4 Å². The van der Waals surface area contributed by atoms with Crippen molar-refractivity contribution in [3.8, 4) is 6.07 Å². The minimum Gasteiger partial charge on any atom is -0.397 e. The highest BCUT2D eigenvalue weighted by Gasteiger charge is 2.17. The van der Waals surface area contributed by atoms with Crippen molar-refractivity contribution < 1.29 is 4.79 Å². The molecule has 1 atom stereocenters. The van der Waals surface area contributed by atoms with Crippen LogP contribution in [-0.4, -0.2) is 20.7 Å². The molecular weight excluding hydrogens is 280 g/mol. The molecule has 0 saturated heterocycles. The number of nitrogen functional groups attached to an aromatic ring is 1. The van der Waals surface area contributed by atoms with Crippen molar-refractivity contribution in [1.29, 1.82) is 5.26 Å². The molecule has 1 aromatic heterocycles. The zero-order valence-electron chi connectivity index (χ0n) is 10.5. The summed E-state index contributed by atoms with van der Waals surface area (Å²) in [5, 5.41) is 15.6. The molecule has 8 heteroatoms. The fourth-order valence-electron chi connectivity index (χ4n) is 1.50. The Hall–Kier alpha value is -2.59. The van der Waals surface area contributed by atoms with Gasteiger partial charge < -0.3 is 11.1 Å². The molecule has 7 nitrogen and oxygen atoms in total. The molecule has 0 bridgehead atoms. The second-order valence-electron chi connectivity index (χ2n) is 4.06. The summed E-state index contributed by atoms with van der Waals surface area (Å²) in [6, 6.07) is 6.00. The van der Waals surface area contributed by atoms with Crippen molar-refractivity contribution in [2.45, 2.75) is 13.0 Å². The second kappa shape index (κ2) is 5.59. The molecule has 0 aliphatic rings. The van der Waals surface area contributed by atoms with Gasteiger partial charge in [-0.25, -0.2) is 9.67 Å². The highest BCUT2D eigenvalue weighted by Crippen LogP contribution is 2.22. The summed E-state index contributed by atoms with van der Waals surface area (Å²) in [5.41, 5.74) is 6.57. The average Bonchev–Trinajstić information content (AvgIpc) is 2.91. The zero-order valence-corrected chi connectivity index (χ0v) is 11.3. The lowest BCUT2D eigenvalue weighted by molar-refractivity contribution is -0.119. The Kier molecular flexibility index (Phi) is 3.86. The Morgan fingerprint density at radius 2 is 2.35 bits per heavy atom. The summed E-state index contributed by atoms with van der Waals surface area (Å²) in [4.78, 5) is 15.8. The number of nitrogens with two attached hydrogens (primary N) is 1. The van der Waals surface area contributed by atoms with E-state index in [1.807, 2.05) is 0 Å². The molecule has 1 heterocycles. The number of nitrogens with one attached hydrogen (secondary N) is 1. The minimum atomic E-state index is -0.610. The average molecular weight is 291 g/mol. The largest absolute Gasteiger partial charge is 0.397 e. The van der Waals surface area contributed by atoms with Crippen LogP contribution in [0.25, 0.3) is 0 Å². The van der Waals surface area contributed by atoms with Crippen molar-refractivity contribution >= 4 is 28.9 Å². The van der Waals surface area contributed by atoms with Crippen molar-refractivity contribution in [2.24, 2.45) is 0 Å². The highest BCUT2D eigenvalue weighted by atomic mass is 35.5. The van der Waals surface area contributed by atoms with Crippen LogP contribution < -0.4 is 11.1 Å². The van der Waals surface area contributed by atoms with E-state index in [-0.39, 0.29) is 11.7 Å². The number of aromatic nitrogens is 3. The van der Waals surface area contributed by atoms with Gasteiger partial charge in [-0.05, 0) is 25.1 Å². The first kappa shape index (κ1) is 13.8. The Labute approximate surface area is 120 Å². The topological polar surface area (TPSA) is 110 Å². The maximum atomic E-state index is 12.1. The quantitative estimate of drug-likeness (QED) is 0.834. The van der Waals surface area contributed by atoms with Gasteiger partial charge in [-0.2, -0.15) is 5.26 Å². The molecule has 20 heavy (non-hydrogen) atoms. The third-order valence-electron chi connectivity index (χ3n) is 2.65. The summed E-state index contributed by atoms with van der Waals surface area (Å²) in [7, 11) is 0. The first-order valence-corrected chi connectivity index (χ1v) is 6.06. The van der Waals surface area contributed by atoms with Crippen molar-refractivity contribution in [2.75, 3.05) is 11.1 Å². The van der Waals surface area contributed by atoms with Crippen molar-refractivity contribution in [1.82, 2.24) is 14.8 Å². The summed E-state index contributed by atoms with van der Waals surface area (Å²) in [5.74, 6) is -0.290. The van der Waals surface area contributed by atoms with Crippen molar-refractivity contribution in [3.63, 3.8) is 0 Å². The van der Waals surface area contributed by atoms with E-state index in [0.717, 1.165) is 0 Å². The highest BCUT2D eigenvalue weighted by molar-refractivity contribution is 6.33. The predicted octanol–water partition coefficient (Wildman–Crippen LogP) is 1.59. The van der Waals surface area contributed by atoms with E-state index in [2.05, 4.69) is 15.4 Å². The lowest BCUT2D eigenvalue weighted by atomic mass is 10.2. The number of rotatable bonds is 3. The van der Waals surface area contributed by atoms with E-state index in [4.69, 9.17) is 22.6 Å². The minimum absolute atomic E-state index is 0.0142. The van der Waals surface area contributed by atoms with Crippen LogP contribution in [0.2, 0.25) is 5.02 Å². The van der Waals surface area contributed by atoms with Crippen LogP contribution in [0.4, 0.5) is 11.4 Å². The molecule has 2 aromatic rings. The molecule has 0 saturated carbocycles. The third-order valence-corrected chi connectivity index (χ3v) is 2.99. The van der Waals surface area contributed by atoms with E-state index in [1.54, 1.807) is 31.2 Å². The van der Waals surface area contributed by atoms with Gasteiger partial charge in [0.15, 0.2) is 0 Å². The van der Waals surface area contributed by atoms with Gasteiger partial charge in [0.25, 0.3) is 5.82 Å². The van der Waals surface area contributed by atoms with E-state index in [9.17, 15) is 4.79 Å². The standard InChI is InChI=1S/C12H11ClN6O/c1-7(19-6-16-11(5-14)18-19)12(20)17-8-2-3-9(13)10(15)4-8/h2-4,6-7H,15H2,1H3,(H,17,20). The Morgan fingerprint density at radius 1 is 1.60 bits per heavy atom. The van der Waals surface area contributed by atoms with Gasteiger partial charge in [-0.15, -0.1) is 5.10 Å². The van der Waals surface area contributed by atoms with Gasteiger partial charge in [0.1, 0.15) is 18.4 Å². The first-order chi connectivity index (χ1) is 9.51. The number of anilines is 2. The van der Waals surface area contributed by atoms with E-state index >= 15 is 0 Å². The molecule has 102 valence electrons. The number of amides is 1. The number of nitriles is 1. The molecule has 1 amide bonds. The molecule has 0 aliphatic heterocycles. The van der Waals surface area contributed by atoms with Crippen LogP contribution in [0.1, 0.15) is 18.8 Å². The molecule has 0 radical (unpaired) electrons. The molecule has 1 unspecified atom stereocenters. The fraction of sp³-hybridized carbons (Fsp3) is 0.167. The van der Waals surface area contributed by atoms with Gasteiger partial charge in [0.05, 0.1) is 10.7 Å². The number of carbonyl (C=O) groups is 1. The molecule has 1 aromatic carbocycles. The lowest BCUT2D eigenvalue weighted by Gasteiger charge is -2.12. The van der Waals surface area contributed by atoms with Gasteiger partial charge in [-0.3, -0.25) is 4.79 Å². The number of nitrogens with zero attached hydrogens (tertiary/aromatic N) is 4. The van der Waals surface area contributed by atoms with Crippen LogP contribution in [0.5, 0.6) is 0 Å². The Balaban J connectivity index is 2.11. The predicted molar refractivity (Wildman–Crippen MR) is 73.9 cm³/mol. The van der Waals surface area contributed by atoms with Crippen molar-refractivity contribution in [3.05, 3.63) is 35.4 Å². The smallest absolute Gasteiger partial charge is 0.252 e. The zero-order chi connectivity index (χ0) is 14.7. The lowest BCUT2D eigenvalue weighted by Crippen LogP contribution is -2.24. The molecule has 0 fully saturated rings. The van der Waals surface area contributed by atoms with E-state index in [1.165, 1.54) is 11.0 Å². The Morgan fingerprint density at radius 3 is 2.95 bits per heavy atom. The van der Waals surface area contributed by atoms with Gasteiger partial charge in [-0.1, -0.05) is 11.6 Å². The molecule has 3 N–H and O–H groups in total. The fourth-order valence-corrected chi connectivity index (χ4v) is 1.62. The normalized spacial score (nSPS) is 11.7. The van der Waals surface area contributed by atoms with Gasteiger partial charge >= 0.3 is 0 Å². The second-order valence-corrected chi connectivity index (χ2v) is 4.47. The molecule has 2 rings (SSSR count). The molecule has 0 spiro atoms. The Bertz CT molecular complexity index is 689. The van der Waals surface area contributed by atoms with Crippen LogP contribution in [0.3, 0.4) is 0 Å². The first-order valence-electron chi connectivity index (χ1n) is 5.68. The number of benzene rings is 1. The number of hydrogen-bond donors (Lipinski definition) is 2. The van der Waals surface area contributed by atoms with Crippen LogP contribution in [0, 0.1) is 11.3 Å². The van der Waals surface area contributed by atoms with Crippen LogP contribution in [0.15, 0.2) is 24.5 Å². The third kappa shape index (κ3) is 2.87. The summed E-state index contributed by atoms with van der Waals surface area (Å²) < 4.78 is 1.31. The van der Waals surface area contributed by atoms with Crippen LogP contribution in [-0.2, 0) is 4.79 Å².